The fraction of sp³-hybridized carbons (Fsp3) is 0.167. The van der Waals surface area contributed by atoms with Crippen molar-refractivity contribution in [1.82, 2.24) is 9.97 Å². The second-order valence-electron chi connectivity index (χ2n) is 3.44. The Bertz CT molecular complexity index is 490. The number of benzene rings is 1. The molecule has 1 aromatic heterocycles. The largest absolute Gasteiger partial charge is 0.330 e. The van der Waals surface area contributed by atoms with E-state index in [4.69, 9.17) is 17.3 Å². The van der Waals surface area contributed by atoms with E-state index in [2.05, 4.69) is 9.97 Å². The molecule has 0 atom stereocenters. The van der Waals surface area contributed by atoms with Gasteiger partial charge in [-0.15, -0.1) is 0 Å². The van der Waals surface area contributed by atoms with Gasteiger partial charge in [-0.25, -0.2) is 4.98 Å². The SMILES string of the molecule is NCCc1ccc(Cl)cc1Sc1cnccn1. The first kappa shape index (κ1) is 12.4. The van der Waals surface area contributed by atoms with E-state index in [-0.39, 0.29) is 0 Å². The van der Waals surface area contributed by atoms with Gasteiger partial charge in [0.25, 0.3) is 0 Å². The molecule has 3 nitrogen and oxygen atoms in total. The quantitative estimate of drug-likeness (QED) is 0.924. The molecule has 0 unspecified atom stereocenters. The highest BCUT2D eigenvalue weighted by Gasteiger charge is 2.06. The Morgan fingerprint density at radius 3 is 2.88 bits per heavy atom. The van der Waals surface area contributed by atoms with Crippen molar-refractivity contribution in [2.75, 3.05) is 6.54 Å². The molecule has 5 heteroatoms. The van der Waals surface area contributed by atoms with E-state index >= 15 is 0 Å². The second-order valence-corrected chi connectivity index (χ2v) is 4.94. The average Bonchev–Trinajstić information content (AvgIpc) is 2.34. The minimum absolute atomic E-state index is 0.621. The maximum atomic E-state index is 6.00. The molecule has 0 radical (unpaired) electrons. The molecule has 0 saturated carbocycles. The lowest BCUT2D eigenvalue weighted by molar-refractivity contribution is 0.943. The van der Waals surface area contributed by atoms with E-state index in [1.54, 1.807) is 30.4 Å². The van der Waals surface area contributed by atoms with Crippen LogP contribution in [-0.2, 0) is 6.42 Å². The van der Waals surface area contributed by atoms with Gasteiger partial charge in [-0.3, -0.25) is 4.98 Å². The molecule has 1 aromatic carbocycles. The van der Waals surface area contributed by atoms with Crippen LogP contribution in [0.15, 0.2) is 46.7 Å². The van der Waals surface area contributed by atoms with Crippen molar-refractivity contribution in [2.24, 2.45) is 5.73 Å². The highest BCUT2D eigenvalue weighted by Crippen LogP contribution is 2.31. The fourth-order valence-corrected chi connectivity index (χ4v) is 2.61. The Hall–Kier alpha value is -1.10. The van der Waals surface area contributed by atoms with Crippen molar-refractivity contribution in [1.29, 1.82) is 0 Å². The van der Waals surface area contributed by atoms with Crippen molar-refractivity contribution in [3.8, 4) is 0 Å². The van der Waals surface area contributed by atoms with Crippen LogP contribution in [0.4, 0.5) is 0 Å². The van der Waals surface area contributed by atoms with E-state index in [1.807, 2.05) is 18.2 Å². The summed E-state index contributed by atoms with van der Waals surface area (Å²) in [6.45, 7) is 0.621. The Labute approximate surface area is 109 Å². The molecule has 1 heterocycles. The molecule has 0 spiro atoms. The maximum absolute atomic E-state index is 6.00. The van der Waals surface area contributed by atoms with Crippen molar-refractivity contribution >= 4 is 23.4 Å². The van der Waals surface area contributed by atoms with Gasteiger partial charge in [-0.1, -0.05) is 29.4 Å². The molecule has 0 saturated heterocycles. The molecule has 0 bridgehead atoms. The number of hydrogen-bond acceptors (Lipinski definition) is 4. The summed E-state index contributed by atoms with van der Waals surface area (Å²) >= 11 is 7.56. The highest BCUT2D eigenvalue weighted by atomic mass is 35.5. The van der Waals surface area contributed by atoms with E-state index in [0.717, 1.165) is 21.4 Å². The van der Waals surface area contributed by atoms with Gasteiger partial charge in [0, 0.05) is 22.3 Å². The Balaban J connectivity index is 2.27. The molecule has 0 aliphatic carbocycles. The highest BCUT2D eigenvalue weighted by molar-refractivity contribution is 7.99. The van der Waals surface area contributed by atoms with Crippen molar-refractivity contribution in [2.45, 2.75) is 16.3 Å². The van der Waals surface area contributed by atoms with Gasteiger partial charge < -0.3 is 5.73 Å². The summed E-state index contributed by atoms with van der Waals surface area (Å²) in [5.74, 6) is 0. The first-order chi connectivity index (χ1) is 8.29. The molecule has 2 rings (SSSR count). The van der Waals surface area contributed by atoms with Gasteiger partial charge >= 0.3 is 0 Å². The lowest BCUT2D eigenvalue weighted by atomic mass is 10.1. The van der Waals surface area contributed by atoms with E-state index in [0.29, 0.717) is 6.54 Å². The zero-order valence-electron chi connectivity index (χ0n) is 9.14. The van der Waals surface area contributed by atoms with Crippen LogP contribution in [0, 0.1) is 0 Å². The number of aromatic nitrogens is 2. The monoisotopic (exact) mass is 265 g/mol. The molecule has 2 N–H and O–H groups in total. The fourth-order valence-electron chi connectivity index (χ4n) is 1.44. The molecule has 0 amide bonds. The molecule has 88 valence electrons. The van der Waals surface area contributed by atoms with Crippen LogP contribution in [0.5, 0.6) is 0 Å². The van der Waals surface area contributed by atoms with Crippen LogP contribution in [0.1, 0.15) is 5.56 Å². The molecule has 17 heavy (non-hydrogen) atoms. The average molecular weight is 266 g/mol. The zero-order valence-corrected chi connectivity index (χ0v) is 10.7. The summed E-state index contributed by atoms with van der Waals surface area (Å²) in [5.41, 5.74) is 6.78. The normalized spacial score (nSPS) is 10.5. The van der Waals surface area contributed by atoms with Gasteiger partial charge in [0.15, 0.2) is 0 Å². The van der Waals surface area contributed by atoms with Crippen LogP contribution in [0.2, 0.25) is 5.02 Å². The predicted molar refractivity (Wildman–Crippen MR) is 70.4 cm³/mol. The van der Waals surface area contributed by atoms with Crippen molar-refractivity contribution < 1.29 is 0 Å². The number of hydrogen-bond donors (Lipinski definition) is 1. The summed E-state index contributed by atoms with van der Waals surface area (Å²) in [6.07, 6.45) is 5.90. The standard InChI is InChI=1S/C12H12ClN3S/c13-10-2-1-9(3-4-14)11(7-10)17-12-8-15-5-6-16-12/h1-2,5-8H,3-4,14H2. The Morgan fingerprint density at radius 2 is 2.18 bits per heavy atom. The number of nitrogens with zero attached hydrogens (tertiary/aromatic N) is 2. The molecule has 0 fully saturated rings. The third kappa shape index (κ3) is 3.43. The number of rotatable bonds is 4. The molecule has 2 aromatic rings. The maximum Gasteiger partial charge on any atom is 0.119 e. The minimum atomic E-state index is 0.621. The van der Waals surface area contributed by atoms with Crippen molar-refractivity contribution in [3.63, 3.8) is 0 Å². The first-order valence-electron chi connectivity index (χ1n) is 5.22. The first-order valence-corrected chi connectivity index (χ1v) is 6.41. The summed E-state index contributed by atoms with van der Waals surface area (Å²) in [7, 11) is 0. The molecule has 0 aliphatic rings. The number of halogens is 1. The van der Waals surface area contributed by atoms with E-state index in [9.17, 15) is 0 Å². The van der Waals surface area contributed by atoms with Crippen LogP contribution >= 0.6 is 23.4 Å². The van der Waals surface area contributed by atoms with Crippen LogP contribution in [-0.4, -0.2) is 16.5 Å². The Morgan fingerprint density at radius 1 is 1.29 bits per heavy atom. The second kappa shape index (κ2) is 6.00. The zero-order chi connectivity index (χ0) is 12.1. The summed E-state index contributed by atoms with van der Waals surface area (Å²) in [6, 6.07) is 5.83. The van der Waals surface area contributed by atoms with Gasteiger partial charge in [-0.05, 0) is 30.7 Å². The molecular weight excluding hydrogens is 254 g/mol. The predicted octanol–water partition coefficient (Wildman–Crippen LogP) is 2.78. The third-order valence-electron chi connectivity index (χ3n) is 2.20. The minimum Gasteiger partial charge on any atom is -0.330 e. The third-order valence-corrected chi connectivity index (χ3v) is 3.45. The van der Waals surface area contributed by atoms with E-state index < -0.39 is 0 Å². The Kier molecular flexibility index (Phi) is 4.36. The molecular formula is C12H12ClN3S. The number of nitrogens with two attached hydrogens (primary N) is 1. The van der Waals surface area contributed by atoms with Crippen LogP contribution < -0.4 is 5.73 Å². The van der Waals surface area contributed by atoms with Crippen LogP contribution in [0.25, 0.3) is 0 Å². The van der Waals surface area contributed by atoms with Gasteiger partial charge in [-0.2, -0.15) is 0 Å². The van der Waals surface area contributed by atoms with Crippen LogP contribution in [0.3, 0.4) is 0 Å². The van der Waals surface area contributed by atoms with Gasteiger partial charge in [0.1, 0.15) is 5.03 Å². The summed E-state index contributed by atoms with van der Waals surface area (Å²) in [5, 5.41) is 1.57. The lowest BCUT2D eigenvalue weighted by Gasteiger charge is -2.08. The van der Waals surface area contributed by atoms with Gasteiger partial charge in [0.2, 0.25) is 0 Å². The van der Waals surface area contributed by atoms with Gasteiger partial charge in [0.05, 0.1) is 6.20 Å². The topological polar surface area (TPSA) is 51.8 Å². The smallest absolute Gasteiger partial charge is 0.119 e. The van der Waals surface area contributed by atoms with Crippen molar-refractivity contribution in [3.05, 3.63) is 47.4 Å². The summed E-state index contributed by atoms with van der Waals surface area (Å²) in [4.78, 5) is 9.36. The lowest BCUT2D eigenvalue weighted by Crippen LogP contribution is -2.03. The summed E-state index contributed by atoms with van der Waals surface area (Å²) < 4.78 is 0. The molecule has 0 aliphatic heterocycles. The van der Waals surface area contributed by atoms with E-state index in [1.165, 1.54) is 5.56 Å².